The Kier molecular flexibility index (Phi) is 4.02. The molecule has 1 aromatic heterocycles. The predicted octanol–water partition coefficient (Wildman–Crippen LogP) is 2.79. The van der Waals surface area contributed by atoms with Crippen LogP contribution in [0.25, 0.3) is 0 Å². The van der Waals surface area contributed by atoms with Crippen molar-refractivity contribution in [2.24, 2.45) is 0 Å². The third-order valence-corrected chi connectivity index (χ3v) is 6.89. The molecule has 1 amide bonds. The number of nitrogens with zero attached hydrogens (tertiary/aromatic N) is 3. The fraction of sp³-hybridized carbons (Fsp3) is 0.750. The number of fused-ring (bicyclic) bond motifs is 1. The van der Waals surface area contributed by atoms with Gasteiger partial charge in [-0.3, -0.25) is 4.79 Å². The highest BCUT2D eigenvalue weighted by Crippen LogP contribution is 2.46. The summed E-state index contributed by atoms with van der Waals surface area (Å²) in [5.41, 5.74) is 0.721. The molecule has 0 radical (unpaired) electrons. The Morgan fingerprint density at radius 3 is 2.62 bits per heavy atom. The third-order valence-electron chi connectivity index (χ3n) is 6.89. The fourth-order valence-electron chi connectivity index (χ4n) is 5.58. The maximum Gasteiger partial charge on any atom is 0.246 e. The summed E-state index contributed by atoms with van der Waals surface area (Å²) in [6, 6.07) is 0.935. The minimum absolute atomic E-state index is 0.184. The maximum absolute atomic E-state index is 12.8. The lowest BCUT2D eigenvalue weighted by molar-refractivity contribution is -0.123. The number of carbonyl (C=O) groups is 1. The Labute approximate surface area is 155 Å². The molecule has 1 saturated heterocycles. The molecule has 2 saturated carbocycles. The molecule has 6 heteroatoms. The van der Waals surface area contributed by atoms with E-state index >= 15 is 0 Å². The van der Waals surface area contributed by atoms with Crippen molar-refractivity contribution in [3.05, 3.63) is 11.8 Å². The number of amides is 1. The van der Waals surface area contributed by atoms with Gasteiger partial charge in [0.25, 0.3) is 0 Å². The maximum atomic E-state index is 12.8. The molecule has 3 fully saturated rings. The van der Waals surface area contributed by atoms with Gasteiger partial charge in [0.2, 0.25) is 11.9 Å². The molecule has 3 heterocycles. The van der Waals surface area contributed by atoms with Crippen LogP contribution in [0.3, 0.4) is 0 Å². The number of hydrogen-bond donors (Lipinski definition) is 2. The standard InChI is InChI=1S/C20H29N5O/c26-18-20(10-11-21-18)12-14-13-22-19(23-15-6-2-1-3-7-15)24-17(14)25(20)16-8-4-5-9-16/h13,15-16H,1-12H2,(H,21,26)(H,22,23,24). The van der Waals surface area contributed by atoms with E-state index < -0.39 is 5.54 Å². The van der Waals surface area contributed by atoms with Gasteiger partial charge in [-0.05, 0) is 32.1 Å². The van der Waals surface area contributed by atoms with Crippen LogP contribution in [0.4, 0.5) is 11.8 Å². The number of carbonyl (C=O) groups excluding carboxylic acids is 1. The molecule has 26 heavy (non-hydrogen) atoms. The lowest BCUT2D eigenvalue weighted by Gasteiger charge is -2.38. The summed E-state index contributed by atoms with van der Waals surface area (Å²) in [5.74, 6) is 1.94. The first-order valence-corrected chi connectivity index (χ1v) is 10.5. The van der Waals surface area contributed by atoms with Gasteiger partial charge in [0.15, 0.2) is 0 Å². The molecular weight excluding hydrogens is 326 g/mol. The van der Waals surface area contributed by atoms with E-state index in [-0.39, 0.29) is 5.91 Å². The van der Waals surface area contributed by atoms with E-state index in [0.29, 0.717) is 12.1 Å². The van der Waals surface area contributed by atoms with Crippen LogP contribution in [0.2, 0.25) is 0 Å². The second kappa shape index (κ2) is 6.39. The topological polar surface area (TPSA) is 70.1 Å². The molecule has 1 spiro atoms. The van der Waals surface area contributed by atoms with Gasteiger partial charge >= 0.3 is 0 Å². The van der Waals surface area contributed by atoms with Crippen LogP contribution in [0.1, 0.15) is 69.8 Å². The summed E-state index contributed by atoms with van der Waals surface area (Å²) in [4.78, 5) is 24.8. The van der Waals surface area contributed by atoms with Gasteiger partial charge in [-0.1, -0.05) is 32.1 Å². The second-order valence-corrected chi connectivity index (χ2v) is 8.54. The first-order chi connectivity index (χ1) is 12.8. The molecule has 0 aromatic carbocycles. The van der Waals surface area contributed by atoms with Gasteiger partial charge < -0.3 is 15.5 Å². The summed E-state index contributed by atoms with van der Waals surface area (Å²) in [6.07, 6.45) is 14.8. The zero-order valence-corrected chi connectivity index (χ0v) is 15.5. The van der Waals surface area contributed by atoms with Crippen molar-refractivity contribution in [3.63, 3.8) is 0 Å². The Hall–Kier alpha value is -1.85. The molecule has 2 N–H and O–H groups in total. The Morgan fingerprint density at radius 1 is 1.12 bits per heavy atom. The molecule has 0 bridgehead atoms. The molecule has 2 aliphatic heterocycles. The van der Waals surface area contributed by atoms with Crippen molar-refractivity contribution in [1.29, 1.82) is 0 Å². The SMILES string of the molecule is O=C1NCCC12Cc1cnc(NC3CCCCC3)nc1N2C1CCCC1. The summed E-state index contributed by atoms with van der Waals surface area (Å²) >= 11 is 0. The largest absolute Gasteiger partial charge is 0.354 e. The number of anilines is 2. The average Bonchev–Trinajstić information content (AvgIpc) is 3.36. The van der Waals surface area contributed by atoms with Gasteiger partial charge in [-0.15, -0.1) is 0 Å². The fourth-order valence-corrected chi connectivity index (χ4v) is 5.58. The first-order valence-electron chi connectivity index (χ1n) is 10.5. The van der Waals surface area contributed by atoms with Gasteiger partial charge in [0.1, 0.15) is 11.4 Å². The van der Waals surface area contributed by atoms with E-state index in [1.807, 2.05) is 6.20 Å². The monoisotopic (exact) mass is 355 g/mol. The van der Waals surface area contributed by atoms with Crippen LogP contribution >= 0.6 is 0 Å². The van der Waals surface area contributed by atoms with Gasteiger partial charge in [0, 0.05) is 36.8 Å². The molecule has 5 rings (SSSR count). The number of aromatic nitrogens is 2. The normalized spacial score (nSPS) is 29.4. The van der Waals surface area contributed by atoms with Crippen LogP contribution < -0.4 is 15.5 Å². The van der Waals surface area contributed by atoms with Crippen molar-refractivity contribution in [3.8, 4) is 0 Å². The summed E-state index contributed by atoms with van der Waals surface area (Å²) in [5, 5.41) is 6.64. The quantitative estimate of drug-likeness (QED) is 0.872. The molecule has 1 unspecified atom stereocenters. The van der Waals surface area contributed by atoms with Crippen molar-refractivity contribution >= 4 is 17.7 Å². The van der Waals surface area contributed by atoms with Crippen molar-refractivity contribution in [1.82, 2.24) is 15.3 Å². The highest BCUT2D eigenvalue weighted by atomic mass is 16.2. The molecular formula is C20H29N5O. The van der Waals surface area contributed by atoms with Crippen LogP contribution in [0, 0.1) is 0 Å². The molecule has 140 valence electrons. The zero-order chi connectivity index (χ0) is 17.6. The zero-order valence-electron chi connectivity index (χ0n) is 15.5. The third kappa shape index (κ3) is 2.57. The summed E-state index contributed by atoms with van der Waals surface area (Å²) in [7, 11) is 0. The second-order valence-electron chi connectivity index (χ2n) is 8.54. The highest BCUT2D eigenvalue weighted by molar-refractivity contribution is 5.94. The van der Waals surface area contributed by atoms with Crippen molar-refractivity contribution < 1.29 is 4.79 Å². The van der Waals surface area contributed by atoms with Crippen LogP contribution in [0.15, 0.2) is 6.20 Å². The minimum Gasteiger partial charge on any atom is -0.354 e. The van der Waals surface area contributed by atoms with E-state index in [1.54, 1.807) is 0 Å². The number of rotatable bonds is 3. The molecule has 2 aliphatic carbocycles. The first kappa shape index (κ1) is 16.3. The number of hydrogen-bond acceptors (Lipinski definition) is 5. The molecule has 1 atom stereocenters. The lowest BCUT2D eigenvalue weighted by Crippen LogP contribution is -2.56. The van der Waals surface area contributed by atoms with E-state index in [4.69, 9.17) is 4.98 Å². The number of nitrogens with one attached hydrogen (secondary N) is 2. The lowest BCUT2D eigenvalue weighted by atomic mass is 9.91. The van der Waals surface area contributed by atoms with Gasteiger partial charge in [-0.25, -0.2) is 4.98 Å². The molecule has 6 nitrogen and oxygen atoms in total. The van der Waals surface area contributed by atoms with Crippen LogP contribution in [0.5, 0.6) is 0 Å². The van der Waals surface area contributed by atoms with Crippen molar-refractivity contribution in [2.75, 3.05) is 16.8 Å². The highest BCUT2D eigenvalue weighted by Gasteiger charge is 2.55. The Morgan fingerprint density at radius 2 is 1.88 bits per heavy atom. The molecule has 4 aliphatic rings. The van der Waals surface area contributed by atoms with E-state index in [9.17, 15) is 4.79 Å². The van der Waals surface area contributed by atoms with E-state index in [1.165, 1.54) is 57.8 Å². The predicted molar refractivity (Wildman–Crippen MR) is 101 cm³/mol. The Bertz CT molecular complexity index is 695. The Balaban J connectivity index is 1.47. The summed E-state index contributed by atoms with van der Waals surface area (Å²) < 4.78 is 0. The minimum atomic E-state index is -0.421. The van der Waals surface area contributed by atoms with Crippen LogP contribution in [-0.2, 0) is 11.2 Å². The van der Waals surface area contributed by atoms with Gasteiger partial charge in [-0.2, -0.15) is 4.98 Å². The van der Waals surface area contributed by atoms with Crippen LogP contribution in [-0.4, -0.2) is 40.0 Å². The van der Waals surface area contributed by atoms with Crippen molar-refractivity contribution in [2.45, 2.75) is 88.3 Å². The van der Waals surface area contributed by atoms with E-state index in [0.717, 1.165) is 36.7 Å². The van der Waals surface area contributed by atoms with E-state index in [2.05, 4.69) is 20.5 Å². The smallest absolute Gasteiger partial charge is 0.246 e. The molecule has 1 aromatic rings. The summed E-state index contributed by atoms with van der Waals surface area (Å²) in [6.45, 7) is 0.774. The van der Waals surface area contributed by atoms with Gasteiger partial charge in [0.05, 0.1) is 0 Å². The average molecular weight is 355 g/mol.